The Morgan fingerprint density at radius 2 is 2.38 bits per heavy atom. The molecule has 0 saturated heterocycles. The summed E-state index contributed by atoms with van der Waals surface area (Å²) in [4.78, 5) is 7.81. The molecule has 0 bridgehead atoms. The fourth-order valence-electron chi connectivity index (χ4n) is 1.60. The Balaban J connectivity index is 1.92. The molecule has 1 fully saturated rings. The number of nitrogens with two attached hydrogens (primary N) is 1. The molecule has 1 heterocycles. The molecule has 0 aromatic carbocycles. The van der Waals surface area contributed by atoms with Gasteiger partial charge in [0.15, 0.2) is 0 Å². The summed E-state index contributed by atoms with van der Waals surface area (Å²) in [5.74, 6) is 0.647. The van der Waals surface area contributed by atoms with Crippen molar-refractivity contribution in [2.45, 2.75) is 31.4 Å². The minimum atomic E-state index is 0.241. The van der Waals surface area contributed by atoms with Crippen LogP contribution in [0.15, 0.2) is 18.6 Å². The Hall–Kier alpha value is -1.16. The molecule has 1 saturated carbocycles. The van der Waals surface area contributed by atoms with E-state index in [1.807, 2.05) is 0 Å². The molecule has 0 radical (unpaired) electrons. The number of rotatable bonds is 2. The Morgan fingerprint density at radius 3 is 3.00 bits per heavy atom. The zero-order chi connectivity index (χ0) is 9.10. The summed E-state index contributed by atoms with van der Waals surface area (Å²) in [6.07, 6.45) is 6.43. The molecule has 1 aliphatic rings. The molecule has 1 aromatic rings. The molecule has 0 aliphatic heterocycles. The summed E-state index contributed by atoms with van der Waals surface area (Å²) in [5.41, 5.74) is 5.77. The lowest BCUT2D eigenvalue weighted by atomic mass is 10.3. The topological polar surface area (TPSA) is 61.0 Å². The van der Waals surface area contributed by atoms with E-state index in [2.05, 4.69) is 9.97 Å². The Bertz CT molecular complexity index is 265. The highest BCUT2D eigenvalue weighted by atomic mass is 16.5. The molecule has 4 nitrogen and oxygen atoms in total. The van der Waals surface area contributed by atoms with Crippen molar-refractivity contribution in [3.63, 3.8) is 0 Å². The van der Waals surface area contributed by atoms with Gasteiger partial charge in [0.2, 0.25) is 5.88 Å². The van der Waals surface area contributed by atoms with Crippen molar-refractivity contribution in [1.29, 1.82) is 0 Å². The zero-order valence-electron chi connectivity index (χ0n) is 7.39. The third kappa shape index (κ3) is 2.15. The second-order valence-corrected chi connectivity index (χ2v) is 3.36. The van der Waals surface area contributed by atoms with Crippen molar-refractivity contribution in [2.75, 3.05) is 0 Å². The van der Waals surface area contributed by atoms with E-state index in [-0.39, 0.29) is 6.10 Å². The molecule has 1 aromatic heterocycles. The molecular weight excluding hydrogens is 166 g/mol. The highest BCUT2D eigenvalue weighted by molar-refractivity contribution is 5.05. The van der Waals surface area contributed by atoms with Gasteiger partial charge in [0.1, 0.15) is 12.4 Å². The predicted octanol–water partition coefficient (Wildman–Crippen LogP) is 0.735. The number of aromatic nitrogens is 2. The summed E-state index contributed by atoms with van der Waals surface area (Å²) in [7, 11) is 0. The minimum absolute atomic E-state index is 0.241. The molecule has 70 valence electrons. The first kappa shape index (κ1) is 8.44. The monoisotopic (exact) mass is 179 g/mol. The second-order valence-electron chi connectivity index (χ2n) is 3.36. The largest absolute Gasteiger partial charge is 0.474 e. The van der Waals surface area contributed by atoms with E-state index in [0.717, 1.165) is 19.3 Å². The Morgan fingerprint density at radius 1 is 1.46 bits per heavy atom. The van der Waals surface area contributed by atoms with Gasteiger partial charge in [0.25, 0.3) is 0 Å². The first-order chi connectivity index (χ1) is 6.34. The Kier molecular flexibility index (Phi) is 2.40. The van der Waals surface area contributed by atoms with Crippen LogP contribution in [0, 0.1) is 0 Å². The van der Waals surface area contributed by atoms with Gasteiger partial charge in [-0.3, -0.25) is 0 Å². The van der Waals surface area contributed by atoms with Crippen LogP contribution in [-0.4, -0.2) is 22.1 Å². The SMILES string of the molecule is NC1CCC(Oc2ccncn2)C1. The first-order valence-corrected chi connectivity index (χ1v) is 4.53. The third-order valence-corrected chi connectivity index (χ3v) is 2.27. The summed E-state index contributed by atoms with van der Waals surface area (Å²) in [6.45, 7) is 0. The first-order valence-electron chi connectivity index (χ1n) is 4.53. The zero-order valence-corrected chi connectivity index (χ0v) is 7.39. The standard InChI is InChI=1S/C9H13N3O/c10-7-1-2-8(5-7)13-9-3-4-11-6-12-9/h3-4,6-8H,1-2,5,10H2. The summed E-state index contributed by atoms with van der Waals surface area (Å²) >= 11 is 0. The third-order valence-electron chi connectivity index (χ3n) is 2.27. The fraction of sp³-hybridized carbons (Fsp3) is 0.556. The van der Waals surface area contributed by atoms with Gasteiger partial charge in [-0.1, -0.05) is 0 Å². The van der Waals surface area contributed by atoms with Crippen molar-refractivity contribution in [3.8, 4) is 5.88 Å². The molecule has 13 heavy (non-hydrogen) atoms. The van der Waals surface area contributed by atoms with Crippen LogP contribution in [0.4, 0.5) is 0 Å². The van der Waals surface area contributed by atoms with Gasteiger partial charge in [-0.25, -0.2) is 9.97 Å². The van der Waals surface area contributed by atoms with Crippen LogP contribution in [0.2, 0.25) is 0 Å². The van der Waals surface area contributed by atoms with Crippen LogP contribution in [0.5, 0.6) is 5.88 Å². The molecule has 0 amide bonds. The van der Waals surface area contributed by atoms with Crippen LogP contribution in [0.25, 0.3) is 0 Å². The van der Waals surface area contributed by atoms with Gasteiger partial charge < -0.3 is 10.5 Å². The van der Waals surface area contributed by atoms with E-state index in [1.165, 1.54) is 6.33 Å². The highest BCUT2D eigenvalue weighted by Crippen LogP contribution is 2.21. The van der Waals surface area contributed by atoms with Gasteiger partial charge in [0.05, 0.1) is 0 Å². The number of ether oxygens (including phenoxy) is 1. The fourth-order valence-corrected chi connectivity index (χ4v) is 1.60. The molecule has 2 rings (SSSR count). The molecule has 0 spiro atoms. The van der Waals surface area contributed by atoms with E-state index >= 15 is 0 Å². The van der Waals surface area contributed by atoms with E-state index in [4.69, 9.17) is 10.5 Å². The number of nitrogens with zero attached hydrogens (tertiary/aromatic N) is 2. The number of hydrogen-bond acceptors (Lipinski definition) is 4. The summed E-state index contributed by atoms with van der Waals surface area (Å²) in [6, 6.07) is 2.07. The number of hydrogen-bond donors (Lipinski definition) is 1. The van der Waals surface area contributed by atoms with Gasteiger partial charge >= 0.3 is 0 Å². The average Bonchev–Trinajstić information content (AvgIpc) is 2.53. The van der Waals surface area contributed by atoms with E-state index in [1.54, 1.807) is 12.3 Å². The molecule has 4 heteroatoms. The maximum absolute atomic E-state index is 5.77. The molecule has 1 aliphatic carbocycles. The van der Waals surface area contributed by atoms with Crippen LogP contribution in [-0.2, 0) is 0 Å². The average molecular weight is 179 g/mol. The van der Waals surface area contributed by atoms with Crippen molar-refractivity contribution in [2.24, 2.45) is 5.73 Å². The maximum Gasteiger partial charge on any atom is 0.216 e. The van der Waals surface area contributed by atoms with E-state index in [9.17, 15) is 0 Å². The van der Waals surface area contributed by atoms with E-state index in [0.29, 0.717) is 11.9 Å². The normalized spacial score (nSPS) is 27.5. The van der Waals surface area contributed by atoms with Crippen LogP contribution >= 0.6 is 0 Å². The maximum atomic E-state index is 5.77. The molecular formula is C9H13N3O. The smallest absolute Gasteiger partial charge is 0.216 e. The predicted molar refractivity (Wildman–Crippen MR) is 48.3 cm³/mol. The molecule has 2 atom stereocenters. The van der Waals surface area contributed by atoms with Gasteiger partial charge in [-0.2, -0.15) is 0 Å². The van der Waals surface area contributed by atoms with Crippen molar-refractivity contribution in [3.05, 3.63) is 18.6 Å². The quantitative estimate of drug-likeness (QED) is 0.727. The lowest BCUT2D eigenvalue weighted by Gasteiger charge is -2.11. The van der Waals surface area contributed by atoms with Gasteiger partial charge in [-0.15, -0.1) is 0 Å². The molecule has 2 N–H and O–H groups in total. The summed E-state index contributed by atoms with van der Waals surface area (Å²) < 4.78 is 5.61. The minimum Gasteiger partial charge on any atom is -0.474 e. The van der Waals surface area contributed by atoms with Crippen LogP contribution in [0.1, 0.15) is 19.3 Å². The van der Waals surface area contributed by atoms with Crippen molar-refractivity contribution >= 4 is 0 Å². The lowest BCUT2D eigenvalue weighted by Crippen LogP contribution is -2.19. The second kappa shape index (κ2) is 3.70. The Labute approximate surface area is 77.1 Å². The summed E-state index contributed by atoms with van der Waals surface area (Å²) in [5, 5.41) is 0. The van der Waals surface area contributed by atoms with Crippen LogP contribution < -0.4 is 10.5 Å². The lowest BCUT2D eigenvalue weighted by molar-refractivity contribution is 0.199. The van der Waals surface area contributed by atoms with Crippen molar-refractivity contribution < 1.29 is 4.74 Å². The van der Waals surface area contributed by atoms with E-state index < -0.39 is 0 Å². The molecule has 2 unspecified atom stereocenters. The van der Waals surface area contributed by atoms with Gasteiger partial charge in [0, 0.05) is 18.3 Å². The van der Waals surface area contributed by atoms with Crippen LogP contribution in [0.3, 0.4) is 0 Å². The highest BCUT2D eigenvalue weighted by Gasteiger charge is 2.23. The van der Waals surface area contributed by atoms with Gasteiger partial charge in [-0.05, 0) is 19.3 Å². The van der Waals surface area contributed by atoms with Crippen molar-refractivity contribution in [1.82, 2.24) is 9.97 Å².